The summed E-state index contributed by atoms with van der Waals surface area (Å²) in [4.78, 5) is 18.5. The van der Waals surface area contributed by atoms with E-state index in [4.69, 9.17) is 5.73 Å². The van der Waals surface area contributed by atoms with Crippen LogP contribution in [0.25, 0.3) is 0 Å². The van der Waals surface area contributed by atoms with Crippen LogP contribution < -0.4 is 11.1 Å². The molecule has 5 nitrogen and oxygen atoms in total. The van der Waals surface area contributed by atoms with Crippen LogP contribution in [-0.2, 0) is 0 Å². The summed E-state index contributed by atoms with van der Waals surface area (Å²) in [5, 5.41) is 3.90. The van der Waals surface area contributed by atoms with Crippen molar-refractivity contribution in [1.82, 2.24) is 10.3 Å². The molecule has 0 fully saturated rings. The van der Waals surface area contributed by atoms with Gasteiger partial charge in [-0.2, -0.15) is 0 Å². The van der Waals surface area contributed by atoms with Crippen LogP contribution in [0.2, 0.25) is 0 Å². The highest BCUT2D eigenvalue weighted by atomic mass is 79.9. The number of allylic oxidation sites excluding steroid dienone is 4. The second kappa shape index (κ2) is 13.4. The van der Waals surface area contributed by atoms with Crippen molar-refractivity contribution in [2.45, 2.75) is 45.6 Å². The zero-order valence-corrected chi connectivity index (χ0v) is 20.0. The number of carbonyl (C=O) groups excluding carboxylic acids is 1. The first-order valence-corrected chi connectivity index (χ1v) is 11.5. The van der Waals surface area contributed by atoms with Crippen molar-refractivity contribution in [3.05, 3.63) is 64.1 Å². The minimum Gasteiger partial charge on any atom is -0.388 e. The lowest BCUT2D eigenvalue weighted by Crippen LogP contribution is -2.33. The zero-order valence-electron chi connectivity index (χ0n) is 17.6. The summed E-state index contributed by atoms with van der Waals surface area (Å²) in [5.74, 6) is 1.06. The third kappa shape index (κ3) is 8.58. The molecular formula is C22H31BrN4OS. The predicted molar refractivity (Wildman–Crippen MR) is 129 cm³/mol. The summed E-state index contributed by atoms with van der Waals surface area (Å²) in [5.41, 5.74) is 8.92. The van der Waals surface area contributed by atoms with E-state index < -0.39 is 0 Å². The molecule has 0 bridgehead atoms. The summed E-state index contributed by atoms with van der Waals surface area (Å²) in [6.07, 6.45) is 15.7. The number of nitrogens with two attached hydrogens (primary N) is 1. The van der Waals surface area contributed by atoms with Crippen LogP contribution in [0.1, 0.15) is 50.4 Å². The van der Waals surface area contributed by atoms with Crippen molar-refractivity contribution >= 4 is 39.1 Å². The van der Waals surface area contributed by atoms with Gasteiger partial charge in [0.15, 0.2) is 11.5 Å². The van der Waals surface area contributed by atoms with Crippen molar-refractivity contribution in [3.63, 3.8) is 0 Å². The number of aldehydes is 1. The lowest BCUT2D eigenvalue weighted by Gasteiger charge is -2.32. The van der Waals surface area contributed by atoms with E-state index in [9.17, 15) is 4.79 Å². The average molecular weight is 479 g/mol. The van der Waals surface area contributed by atoms with Crippen molar-refractivity contribution < 1.29 is 4.79 Å². The number of hydrogen-bond acceptors (Lipinski definition) is 6. The third-order valence-corrected chi connectivity index (χ3v) is 5.62. The molecule has 0 saturated heterocycles. The normalized spacial score (nSPS) is 25.5. The van der Waals surface area contributed by atoms with Crippen LogP contribution in [-0.4, -0.2) is 34.8 Å². The number of rotatable bonds is 3. The number of aliphatic imine (C=N–C) groups is 1. The summed E-state index contributed by atoms with van der Waals surface area (Å²) in [6.45, 7) is 6.20. The van der Waals surface area contributed by atoms with E-state index in [0.29, 0.717) is 5.56 Å². The first-order valence-electron chi connectivity index (χ1n) is 9.76. The molecule has 0 spiro atoms. The Labute approximate surface area is 187 Å². The highest BCUT2D eigenvalue weighted by Crippen LogP contribution is 2.35. The summed E-state index contributed by atoms with van der Waals surface area (Å²) in [6, 6.07) is 1.71. The fraction of sp³-hybridized carbons (Fsp3) is 0.409. The minimum atomic E-state index is -0.106. The van der Waals surface area contributed by atoms with E-state index in [-0.39, 0.29) is 5.54 Å². The van der Waals surface area contributed by atoms with E-state index in [1.165, 1.54) is 17.5 Å². The van der Waals surface area contributed by atoms with Gasteiger partial charge < -0.3 is 11.1 Å². The number of likely N-dealkylation sites (N-methyl/N-ethyl adjacent to an activating group) is 1. The van der Waals surface area contributed by atoms with Gasteiger partial charge in [-0.15, -0.1) is 0 Å². The summed E-state index contributed by atoms with van der Waals surface area (Å²) < 4.78 is 0.826. The molecule has 1 unspecified atom stereocenters. The number of nitrogens with zero attached hydrogens (tertiary/aromatic N) is 2. The molecule has 7 heteroatoms. The highest BCUT2D eigenvalue weighted by molar-refractivity contribution is 9.10. The van der Waals surface area contributed by atoms with Gasteiger partial charge in [0.05, 0.1) is 5.54 Å². The second-order valence-corrected chi connectivity index (χ2v) is 8.41. The summed E-state index contributed by atoms with van der Waals surface area (Å²) >= 11 is 4.84. The average Bonchev–Trinajstić information content (AvgIpc) is 2.69. The molecule has 0 aromatic carbocycles. The van der Waals surface area contributed by atoms with E-state index in [1.54, 1.807) is 24.0 Å². The molecule has 1 aromatic rings. The van der Waals surface area contributed by atoms with Gasteiger partial charge in [-0.25, -0.2) is 0 Å². The van der Waals surface area contributed by atoms with Gasteiger partial charge in [0.1, 0.15) is 0 Å². The van der Waals surface area contributed by atoms with Gasteiger partial charge in [0.25, 0.3) is 0 Å². The number of amidine groups is 1. The molecule has 1 atom stereocenters. The van der Waals surface area contributed by atoms with Crippen molar-refractivity contribution in [1.29, 1.82) is 0 Å². The number of nitrogens with one attached hydrogen (secondary N) is 1. The topological polar surface area (TPSA) is 80.4 Å². The Morgan fingerprint density at radius 3 is 2.69 bits per heavy atom. The number of halogens is 1. The fourth-order valence-electron chi connectivity index (χ4n) is 2.85. The van der Waals surface area contributed by atoms with Crippen LogP contribution in [0.3, 0.4) is 0 Å². The predicted octanol–water partition coefficient (Wildman–Crippen LogP) is 5.26. The van der Waals surface area contributed by atoms with Crippen molar-refractivity contribution in [2.75, 3.05) is 12.8 Å². The molecule has 3 rings (SSSR count). The Balaban J connectivity index is 0.000000321. The largest absolute Gasteiger partial charge is 0.388 e. The molecule has 29 heavy (non-hydrogen) atoms. The van der Waals surface area contributed by atoms with Gasteiger partial charge in [-0.05, 0) is 59.8 Å². The Morgan fingerprint density at radius 1 is 1.34 bits per heavy atom. The molecule has 1 aliphatic heterocycles. The van der Waals surface area contributed by atoms with E-state index >= 15 is 0 Å². The highest BCUT2D eigenvalue weighted by Gasteiger charge is 2.30. The van der Waals surface area contributed by atoms with Gasteiger partial charge >= 0.3 is 0 Å². The lowest BCUT2D eigenvalue weighted by atomic mass is 9.85. The second-order valence-electron chi connectivity index (χ2n) is 6.38. The Kier molecular flexibility index (Phi) is 11.6. The van der Waals surface area contributed by atoms with E-state index in [1.807, 2.05) is 20.9 Å². The number of thioether (sulfide) groups is 1. The molecule has 1 aliphatic carbocycles. The SMILES string of the molecule is CC.CNC1=C/CC\C(C2(C)CCSC(N)=N2)=C/C=C\1.O=Cc1cncc(Br)c1. The Hall–Kier alpha value is -1.86. The lowest BCUT2D eigenvalue weighted by molar-refractivity contribution is 0.112. The molecule has 158 valence electrons. The molecule has 0 saturated carbocycles. The first kappa shape index (κ1) is 25.2. The number of carbonyl (C=O) groups is 1. The van der Waals surface area contributed by atoms with Gasteiger partial charge in [0, 0.05) is 40.9 Å². The molecule has 0 radical (unpaired) electrons. The van der Waals surface area contributed by atoms with Gasteiger partial charge in [-0.1, -0.05) is 43.8 Å². The van der Waals surface area contributed by atoms with Crippen molar-refractivity contribution in [2.24, 2.45) is 10.7 Å². The molecule has 2 aliphatic rings. The Morgan fingerprint density at radius 2 is 2.10 bits per heavy atom. The fourth-order valence-corrected chi connectivity index (χ4v) is 4.20. The number of pyridine rings is 1. The maximum atomic E-state index is 10.1. The van der Waals surface area contributed by atoms with Crippen LogP contribution in [0.4, 0.5) is 0 Å². The maximum absolute atomic E-state index is 10.1. The molecule has 2 heterocycles. The molecular weight excluding hydrogens is 448 g/mol. The first-order chi connectivity index (χ1) is 14.0. The smallest absolute Gasteiger partial charge is 0.154 e. The molecule has 1 aromatic heterocycles. The minimum absolute atomic E-state index is 0.106. The molecule has 3 N–H and O–H groups in total. The standard InChI is InChI=1S/C14H21N3S.C6H4BrNO.C2H6/c1-14(9-10-18-13(15)17-14)11-5-3-7-12(16-2)8-4-6-11;7-6-1-5(4-9)2-8-3-6;1-2/h3,5,7-8,16H,4,6,9-10H2,1-2H3,(H2,15,17);1-4H;1-2H3/b7-3-,11-5+,12-8+;;. The van der Waals surface area contributed by atoms with E-state index in [0.717, 1.165) is 40.9 Å². The quantitative estimate of drug-likeness (QED) is 0.578. The van der Waals surface area contributed by atoms with E-state index in [2.05, 4.69) is 62.5 Å². The zero-order chi connectivity index (χ0) is 21.7. The summed E-state index contributed by atoms with van der Waals surface area (Å²) in [7, 11) is 1.95. The van der Waals surface area contributed by atoms with Crippen LogP contribution in [0.5, 0.6) is 0 Å². The van der Waals surface area contributed by atoms with Gasteiger partial charge in [0.2, 0.25) is 0 Å². The monoisotopic (exact) mass is 478 g/mol. The Bertz CT molecular complexity index is 789. The maximum Gasteiger partial charge on any atom is 0.154 e. The molecule has 0 amide bonds. The number of aromatic nitrogens is 1. The third-order valence-electron chi connectivity index (χ3n) is 4.39. The van der Waals surface area contributed by atoms with Crippen LogP contribution in [0, 0.1) is 0 Å². The van der Waals surface area contributed by atoms with Gasteiger partial charge in [-0.3, -0.25) is 14.8 Å². The van der Waals surface area contributed by atoms with Crippen LogP contribution in [0.15, 0.2) is 63.5 Å². The van der Waals surface area contributed by atoms with Crippen LogP contribution >= 0.6 is 27.7 Å². The van der Waals surface area contributed by atoms with Crippen molar-refractivity contribution in [3.8, 4) is 0 Å². The number of hydrogen-bond donors (Lipinski definition) is 2.